The van der Waals surface area contributed by atoms with Crippen LogP contribution in [-0.4, -0.2) is 15.4 Å². The number of hydrogen-bond donors (Lipinski definition) is 1. The van der Waals surface area contributed by atoms with Crippen molar-refractivity contribution in [3.63, 3.8) is 0 Å². The predicted molar refractivity (Wildman–Crippen MR) is 102 cm³/mol. The first-order valence-corrected chi connectivity index (χ1v) is 8.24. The van der Waals surface area contributed by atoms with Gasteiger partial charge in [0.05, 0.1) is 17.0 Å². The first kappa shape index (κ1) is 18.1. The van der Waals surface area contributed by atoms with E-state index in [1.54, 1.807) is 0 Å². The number of pyridine rings is 1. The van der Waals surface area contributed by atoms with E-state index in [2.05, 4.69) is 5.32 Å². The summed E-state index contributed by atoms with van der Waals surface area (Å²) in [4.78, 5) is 34.7. The Morgan fingerprint density at radius 1 is 1.11 bits per heavy atom. The number of nitro groups is 1. The third-order valence-electron chi connectivity index (χ3n) is 4.02. The summed E-state index contributed by atoms with van der Waals surface area (Å²) in [5, 5.41) is 13.3. The van der Waals surface area contributed by atoms with Crippen molar-refractivity contribution in [1.82, 2.24) is 4.57 Å². The summed E-state index contributed by atoms with van der Waals surface area (Å²) in [5.74, 6) is -0.401. The number of aryl methyl sites for hydroxylation is 1. The third-order valence-corrected chi connectivity index (χ3v) is 4.02. The second-order valence-electron chi connectivity index (χ2n) is 6.13. The second-order valence-corrected chi connectivity index (χ2v) is 6.13. The Morgan fingerprint density at radius 2 is 1.85 bits per heavy atom. The molecule has 0 fully saturated rings. The summed E-state index contributed by atoms with van der Waals surface area (Å²) in [5.41, 5.74) is 2.54. The van der Waals surface area contributed by atoms with Gasteiger partial charge >= 0.3 is 0 Å². The van der Waals surface area contributed by atoms with Crippen LogP contribution in [0.15, 0.2) is 71.7 Å². The minimum atomic E-state index is -0.507. The van der Waals surface area contributed by atoms with E-state index in [1.165, 1.54) is 47.2 Å². The molecule has 1 heterocycles. The fourth-order valence-corrected chi connectivity index (χ4v) is 2.67. The van der Waals surface area contributed by atoms with Crippen LogP contribution in [0.3, 0.4) is 0 Å². The van der Waals surface area contributed by atoms with Gasteiger partial charge in [0.15, 0.2) is 0 Å². The number of benzene rings is 2. The molecule has 27 heavy (non-hydrogen) atoms. The van der Waals surface area contributed by atoms with E-state index >= 15 is 0 Å². The molecule has 1 N–H and O–H groups in total. The normalized spacial score (nSPS) is 10.4. The van der Waals surface area contributed by atoms with Gasteiger partial charge in [-0.05, 0) is 30.7 Å². The van der Waals surface area contributed by atoms with Crippen molar-refractivity contribution in [2.24, 2.45) is 0 Å². The monoisotopic (exact) mass is 363 g/mol. The number of nitrogens with one attached hydrogen (secondary N) is 1. The molecule has 7 heteroatoms. The van der Waals surface area contributed by atoms with Crippen LogP contribution in [0.2, 0.25) is 0 Å². The summed E-state index contributed by atoms with van der Waals surface area (Å²) in [6.45, 7) is 2.33. The fraction of sp³-hybridized carbons (Fsp3) is 0.100. The maximum atomic E-state index is 12.4. The maximum absolute atomic E-state index is 12.4. The molecular formula is C20H17N3O4. The minimum absolute atomic E-state index is 0.0558. The Kier molecular flexibility index (Phi) is 5.12. The molecule has 0 atom stereocenters. The van der Waals surface area contributed by atoms with Crippen LogP contribution in [0.4, 0.5) is 11.4 Å². The molecule has 0 saturated heterocycles. The lowest BCUT2D eigenvalue weighted by molar-refractivity contribution is -0.384. The number of aromatic nitrogens is 1. The second kappa shape index (κ2) is 7.65. The van der Waals surface area contributed by atoms with E-state index in [9.17, 15) is 19.7 Å². The van der Waals surface area contributed by atoms with E-state index in [4.69, 9.17) is 0 Å². The standard InChI is InChI=1S/C20H17N3O4/c1-14-3-2-4-15(11-14)12-22-13-16(5-10-19(22)24)20(25)21-17-6-8-18(9-7-17)23(26)27/h2-11,13H,12H2,1H3,(H,21,25). The summed E-state index contributed by atoms with van der Waals surface area (Å²) >= 11 is 0. The van der Waals surface area contributed by atoms with Crippen LogP contribution in [-0.2, 0) is 6.54 Å². The fourth-order valence-electron chi connectivity index (χ4n) is 2.67. The average molecular weight is 363 g/mol. The number of carbonyl (C=O) groups excluding carboxylic acids is 1. The molecule has 2 aromatic carbocycles. The van der Waals surface area contributed by atoms with Crippen molar-refractivity contribution in [3.05, 3.63) is 104 Å². The van der Waals surface area contributed by atoms with Crippen molar-refractivity contribution in [1.29, 1.82) is 0 Å². The van der Waals surface area contributed by atoms with Gasteiger partial charge in [-0.2, -0.15) is 0 Å². The number of hydrogen-bond acceptors (Lipinski definition) is 4. The predicted octanol–water partition coefficient (Wildman–Crippen LogP) is 3.37. The van der Waals surface area contributed by atoms with Crippen molar-refractivity contribution in [2.75, 3.05) is 5.32 Å². The zero-order chi connectivity index (χ0) is 19.4. The van der Waals surface area contributed by atoms with Gasteiger partial charge in [0.25, 0.3) is 17.2 Å². The number of non-ortho nitro benzene ring substituents is 1. The van der Waals surface area contributed by atoms with Gasteiger partial charge in [-0.1, -0.05) is 29.8 Å². The SMILES string of the molecule is Cc1cccc(Cn2cc(C(=O)Nc3ccc([N+](=O)[O-])cc3)ccc2=O)c1. The zero-order valence-corrected chi connectivity index (χ0v) is 14.6. The molecule has 136 valence electrons. The number of amides is 1. The highest BCUT2D eigenvalue weighted by molar-refractivity contribution is 6.04. The number of rotatable bonds is 5. The van der Waals surface area contributed by atoms with E-state index in [1.807, 2.05) is 31.2 Å². The Labute approximate surface area is 155 Å². The highest BCUT2D eigenvalue weighted by atomic mass is 16.6. The molecule has 0 bridgehead atoms. The first-order chi connectivity index (χ1) is 12.9. The highest BCUT2D eigenvalue weighted by Gasteiger charge is 2.10. The van der Waals surface area contributed by atoms with E-state index < -0.39 is 10.8 Å². The molecule has 1 amide bonds. The van der Waals surface area contributed by atoms with Gasteiger partial charge in [0, 0.05) is 30.1 Å². The highest BCUT2D eigenvalue weighted by Crippen LogP contribution is 2.16. The number of carbonyl (C=O) groups is 1. The molecule has 0 aliphatic heterocycles. The van der Waals surface area contributed by atoms with Crippen LogP contribution >= 0.6 is 0 Å². The van der Waals surface area contributed by atoms with Gasteiger partial charge in [-0.25, -0.2) is 0 Å². The third kappa shape index (κ3) is 4.46. The van der Waals surface area contributed by atoms with E-state index in [0.29, 0.717) is 17.8 Å². The molecule has 3 rings (SSSR count). The molecule has 0 saturated carbocycles. The lowest BCUT2D eigenvalue weighted by atomic mass is 10.1. The van der Waals surface area contributed by atoms with Crippen LogP contribution in [0.25, 0.3) is 0 Å². The lowest BCUT2D eigenvalue weighted by Gasteiger charge is -2.10. The molecular weight excluding hydrogens is 346 g/mol. The van der Waals surface area contributed by atoms with Crippen LogP contribution < -0.4 is 10.9 Å². The van der Waals surface area contributed by atoms with Crippen LogP contribution in [0, 0.1) is 17.0 Å². The van der Waals surface area contributed by atoms with Crippen LogP contribution in [0.1, 0.15) is 21.5 Å². The zero-order valence-electron chi connectivity index (χ0n) is 14.6. The smallest absolute Gasteiger partial charge is 0.269 e. The minimum Gasteiger partial charge on any atom is -0.322 e. The largest absolute Gasteiger partial charge is 0.322 e. The molecule has 0 aliphatic carbocycles. The van der Waals surface area contributed by atoms with Gasteiger partial charge in [-0.3, -0.25) is 19.7 Å². The molecule has 1 aromatic heterocycles. The van der Waals surface area contributed by atoms with Gasteiger partial charge in [0.1, 0.15) is 0 Å². The number of nitro benzene ring substituents is 1. The molecule has 7 nitrogen and oxygen atoms in total. The van der Waals surface area contributed by atoms with Crippen molar-refractivity contribution < 1.29 is 9.72 Å². The van der Waals surface area contributed by atoms with Gasteiger partial charge in [-0.15, -0.1) is 0 Å². The van der Waals surface area contributed by atoms with Crippen molar-refractivity contribution in [3.8, 4) is 0 Å². The van der Waals surface area contributed by atoms with E-state index in [-0.39, 0.29) is 11.2 Å². The number of nitrogens with zero attached hydrogens (tertiary/aromatic N) is 2. The maximum Gasteiger partial charge on any atom is 0.269 e. The quantitative estimate of drug-likeness (QED) is 0.555. The Hall–Kier alpha value is -3.74. The molecule has 3 aromatic rings. The summed E-state index contributed by atoms with van der Waals surface area (Å²) in [6, 6.07) is 16.1. The Bertz CT molecular complexity index is 1060. The molecule has 0 spiro atoms. The van der Waals surface area contributed by atoms with Crippen molar-refractivity contribution >= 4 is 17.3 Å². The summed E-state index contributed by atoms with van der Waals surface area (Å²) in [6.07, 6.45) is 1.51. The topological polar surface area (TPSA) is 94.2 Å². The first-order valence-electron chi connectivity index (χ1n) is 8.24. The molecule has 0 unspecified atom stereocenters. The van der Waals surface area contributed by atoms with Crippen LogP contribution in [0.5, 0.6) is 0 Å². The molecule has 0 radical (unpaired) electrons. The Balaban J connectivity index is 1.79. The van der Waals surface area contributed by atoms with Gasteiger partial charge in [0.2, 0.25) is 0 Å². The Morgan fingerprint density at radius 3 is 2.52 bits per heavy atom. The summed E-state index contributed by atoms with van der Waals surface area (Å²) in [7, 11) is 0. The lowest BCUT2D eigenvalue weighted by Crippen LogP contribution is -2.22. The van der Waals surface area contributed by atoms with E-state index in [0.717, 1.165) is 11.1 Å². The van der Waals surface area contributed by atoms with Gasteiger partial charge < -0.3 is 9.88 Å². The van der Waals surface area contributed by atoms with Crippen molar-refractivity contribution in [2.45, 2.75) is 13.5 Å². The average Bonchev–Trinajstić information content (AvgIpc) is 2.64. The summed E-state index contributed by atoms with van der Waals surface area (Å²) < 4.78 is 1.47. The molecule has 0 aliphatic rings. The number of anilines is 1.